The highest BCUT2D eigenvalue weighted by atomic mass is 19.4. The first-order valence-electron chi connectivity index (χ1n) is 4.30. The monoisotopic (exact) mass is 219 g/mol. The number of halogens is 3. The highest BCUT2D eigenvalue weighted by Crippen LogP contribution is 2.32. The van der Waals surface area contributed by atoms with E-state index in [1.165, 1.54) is 0 Å². The SMILES string of the molecule is OC1COCc2cc(C(F)(F)F)cnc21. The minimum atomic E-state index is -4.41. The molecule has 1 aromatic heterocycles. The molecule has 82 valence electrons. The van der Waals surface area contributed by atoms with Crippen LogP contribution in [0, 0.1) is 0 Å². The molecule has 2 rings (SSSR count). The van der Waals surface area contributed by atoms with Crippen molar-refractivity contribution in [2.75, 3.05) is 6.61 Å². The molecular formula is C9H8F3NO2. The lowest BCUT2D eigenvalue weighted by atomic mass is 10.1. The van der Waals surface area contributed by atoms with Gasteiger partial charge >= 0.3 is 6.18 Å². The molecule has 0 aromatic carbocycles. The predicted octanol–water partition coefficient (Wildman–Crippen LogP) is 1.66. The number of alkyl halides is 3. The summed E-state index contributed by atoms with van der Waals surface area (Å²) in [7, 11) is 0. The minimum absolute atomic E-state index is 0.0588. The maximum atomic E-state index is 12.3. The maximum Gasteiger partial charge on any atom is 0.417 e. The average molecular weight is 219 g/mol. The summed E-state index contributed by atoms with van der Waals surface area (Å²) in [6.07, 6.45) is -4.62. The van der Waals surface area contributed by atoms with Crippen molar-refractivity contribution in [2.24, 2.45) is 0 Å². The fraction of sp³-hybridized carbons (Fsp3) is 0.444. The van der Waals surface area contributed by atoms with Gasteiger partial charge in [0.25, 0.3) is 0 Å². The molecule has 0 saturated carbocycles. The Labute approximate surface area is 83.5 Å². The standard InChI is InChI=1S/C9H8F3NO2/c10-9(11,12)6-1-5-3-15-4-7(14)8(5)13-2-6/h1-2,7,14H,3-4H2. The van der Waals surface area contributed by atoms with Crippen molar-refractivity contribution >= 4 is 0 Å². The number of ether oxygens (including phenoxy) is 1. The molecule has 15 heavy (non-hydrogen) atoms. The third kappa shape index (κ3) is 1.95. The summed E-state index contributed by atoms with van der Waals surface area (Å²) in [6.45, 7) is 0.134. The van der Waals surface area contributed by atoms with Gasteiger partial charge in [-0.15, -0.1) is 0 Å². The van der Waals surface area contributed by atoms with Gasteiger partial charge < -0.3 is 9.84 Å². The first kappa shape index (κ1) is 10.4. The Morgan fingerprint density at radius 2 is 2.20 bits per heavy atom. The molecular weight excluding hydrogens is 211 g/mol. The Balaban J connectivity index is 2.42. The molecule has 1 aliphatic rings. The number of rotatable bonds is 0. The summed E-state index contributed by atoms with van der Waals surface area (Å²) >= 11 is 0. The molecule has 3 nitrogen and oxygen atoms in total. The van der Waals surface area contributed by atoms with Gasteiger partial charge in [-0.05, 0) is 6.07 Å². The molecule has 0 saturated heterocycles. The van der Waals surface area contributed by atoms with Gasteiger partial charge in [0.1, 0.15) is 6.10 Å². The molecule has 0 radical (unpaired) electrons. The molecule has 1 atom stereocenters. The first-order valence-corrected chi connectivity index (χ1v) is 4.30. The van der Waals surface area contributed by atoms with E-state index in [9.17, 15) is 18.3 Å². The van der Waals surface area contributed by atoms with Gasteiger partial charge in [-0.25, -0.2) is 0 Å². The largest absolute Gasteiger partial charge is 0.417 e. The van der Waals surface area contributed by atoms with Gasteiger partial charge in [-0.1, -0.05) is 0 Å². The highest BCUT2D eigenvalue weighted by Gasteiger charge is 2.32. The van der Waals surface area contributed by atoms with Crippen molar-refractivity contribution in [3.8, 4) is 0 Å². The fourth-order valence-corrected chi connectivity index (χ4v) is 1.45. The van der Waals surface area contributed by atoms with Crippen LogP contribution in [0.2, 0.25) is 0 Å². The van der Waals surface area contributed by atoms with E-state index in [-0.39, 0.29) is 18.9 Å². The second-order valence-corrected chi connectivity index (χ2v) is 3.30. The lowest BCUT2D eigenvalue weighted by Crippen LogP contribution is -2.19. The van der Waals surface area contributed by atoms with E-state index >= 15 is 0 Å². The number of aliphatic hydroxyl groups excluding tert-OH is 1. The van der Waals surface area contributed by atoms with Crippen LogP contribution >= 0.6 is 0 Å². The van der Waals surface area contributed by atoms with Crippen molar-refractivity contribution in [1.29, 1.82) is 0 Å². The minimum Gasteiger partial charge on any atom is -0.384 e. The number of hydrogen-bond acceptors (Lipinski definition) is 3. The zero-order valence-electron chi connectivity index (χ0n) is 7.58. The predicted molar refractivity (Wildman–Crippen MR) is 43.9 cm³/mol. The third-order valence-corrected chi connectivity index (χ3v) is 2.18. The number of hydrogen-bond donors (Lipinski definition) is 1. The summed E-state index contributed by atoms with van der Waals surface area (Å²) in [5, 5.41) is 9.39. The molecule has 1 N–H and O–H groups in total. The molecule has 0 fully saturated rings. The summed E-state index contributed by atoms with van der Waals surface area (Å²) in [5.41, 5.74) is -0.253. The van der Waals surface area contributed by atoms with Crippen molar-refractivity contribution < 1.29 is 23.0 Å². The molecule has 1 aromatic rings. The molecule has 1 aliphatic heterocycles. The van der Waals surface area contributed by atoms with E-state index in [1.54, 1.807) is 0 Å². The van der Waals surface area contributed by atoms with Gasteiger partial charge in [0.2, 0.25) is 0 Å². The fourth-order valence-electron chi connectivity index (χ4n) is 1.45. The van der Waals surface area contributed by atoms with Crippen LogP contribution in [0.5, 0.6) is 0 Å². The van der Waals surface area contributed by atoms with Gasteiger partial charge in [-0.2, -0.15) is 13.2 Å². The van der Waals surface area contributed by atoms with Crippen molar-refractivity contribution in [2.45, 2.75) is 18.9 Å². The second kappa shape index (κ2) is 3.46. The van der Waals surface area contributed by atoms with Gasteiger partial charge in [-0.3, -0.25) is 4.98 Å². The van der Waals surface area contributed by atoms with Crippen molar-refractivity contribution in [3.63, 3.8) is 0 Å². The Kier molecular flexibility index (Phi) is 2.40. The molecule has 0 amide bonds. The quantitative estimate of drug-likeness (QED) is 0.721. The average Bonchev–Trinajstić information content (AvgIpc) is 2.16. The normalized spacial score (nSPS) is 21.2. The summed E-state index contributed by atoms with van der Waals surface area (Å²) in [4.78, 5) is 3.62. The first-order chi connectivity index (χ1) is 6.98. The van der Waals surface area contributed by atoms with Crippen LogP contribution in [0.1, 0.15) is 22.9 Å². The number of aromatic nitrogens is 1. The summed E-state index contributed by atoms with van der Waals surface area (Å²) in [5.74, 6) is 0. The van der Waals surface area contributed by atoms with Crippen molar-refractivity contribution in [3.05, 3.63) is 29.1 Å². The zero-order chi connectivity index (χ0) is 11.1. The molecule has 0 bridgehead atoms. The van der Waals surface area contributed by atoms with E-state index in [4.69, 9.17) is 4.74 Å². The lowest BCUT2D eigenvalue weighted by molar-refractivity contribution is -0.138. The van der Waals surface area contributed by atoms with E-state index < -0.39 is 17.8 Å². The van der Waals surface area contributed by atoms with Gasteiger partial charge in [0, 0.05) is 11.8 Å². The Hall–Kier alpha value is -1.14. The van der Waals surface area contributed by atoms with E-state index in [1.807, 2.05) is 0 Å². The number of nitrogens with zero attached hydrogens (tertiary/aromatic N) is 1. The summed E-state index contributed by atoms with van der Waals surface area (Å²) < 4.78 is 41.9. The zero-order valence-corrected chi connectivity index (χ0v) is 7.58. The van der Waals surface area contributed by atoms with Gasteiger partial charge in [0.15, 0.2) is 0 Å². The molecule has 1 unspecified atom stereocenters. The van der Waals surface area contributed by atoms with Crippen LogP contribution in [0.25, 0.3) is 0 Å². The molecule has 0 aliphatic carbocycles. The lowest BCUT2D eigenvalue weighted by Gasteiger charge is -2.21. The number of pyridine rings is 1. The van der Waals surface area contributed by atoms with Crippen LogP contribution in [-0.4, -0.2) is 16.7 Å². The second-order valence-electron chi connectivity index (χ2n) is 3.30. The van der Waals surface area contributed by atoms with Crippen LogP contribution < -0.4 is 0 Å². The number of aliphatic hydroxyl groups is 1. The summed E-state index contributed by atoms with van der Waals surface area (Å²) in [6, 6.07) is 0.963. The van der Waals surface area contributed by atoms with Crippen LogP contribution in [0.15, 0.2) is 12.3 Å². The molecule has 0 spiro atoms. The van der Waals surface area contributed by atoms with E-state index in [0.29, 0.717) is 5.56 Å². The smallest absolute Gasteiger partial charge is 0.384 e. The Bertz CT molecular complexity index is 378. The van der Waals surface area contributed by atoms with Crippen LogP contribution in [0.3, 0.4) is 0 Å². The van der Waals surface area contributed by atoms with E-state index in [2.05, 4.69) is 4.98 Å². The molecule has 6 heteroatoms. The van der Waals surface area contributed by atoms with Crippen LogP contribution in [0.4, 0.5) is 13.2 Å². The maximum absolute atomic E-state index is 12.3. The van der Waals surface area contributed by atoms with E-state index in [0.717, 1.165) is 12.3 Å². The Morgan fingerprint density at radius 1 is 1.47 bits per heavy atom. The number of fused-ring (bicyclic) bond motifs is 1. The van der Waals surface area contributed by atoms with Gasteiger partial charge in [0.05, 0.1) is 24.5 Å². The van der Waals surface area contributed by atoms with Crippen molar-refractivity contribution in [1.82, 2.24) is 4.98 Å². The third-order valence-electron chi connectivity index (χ3n) is 2.18. The molecule has 2 heterocycles. The van der Waals surface area contributed by atoms with Crippen LogP contribution in [-0.2, 0) is 17.5 Å². The topological polar surface area (TPSA) is 42.4 Å². The Morgan fingerprint density at radius 3 is 2.87 bits per heavy atom. The highest BCUT2D eigenvalue weighted by molar-refractivity contribution is 5.29.